The van der Waals surface area contributed by atoms with Crippen LogP contribution in [0.2, 0.25) is 0 Å². The molecule has 1 N–H and O–H groups in total. The number of rotatable bonds is 7. The van der Waals surface area contributed by atoms with Crippen molar-refractivity contribution in [1.82, 2.24) is 15.2 Å². The molecule has 5 nitrogen and oxygen atoms in total. The molecule has 1 aliphatic rings. The first-order chi connectivity index (χ1) is 16.0. The number of nitrogens with one attached hydrogen (secondary N) is 1. The van der Waals surface area contributed by atoms with Crippen LogP contribution in [-0.4, -0.2) is 27.7 Å². The average Bonchev–Trinajstić information content (AvgIpc) is 3.18. The zero-order valence-electron chi connectivity index (χ0n) is 19.3. The molecule has 2 aromatic carbocycles. The highest BCUT2D eigenvalue weighted by atomic mass is 32.1. The minimum Gasteiger partial charge on any atom is -0.351 e. The fraction of sp³-hybridized carbons (Fsp3) is 0.370. The van der Waals surface area contributed by atoms with Gasteiger partial charge in [0.05, 0.1) is 10.7 Å². The molecule has 1 aromatic heterocycles. The quantitative estimate of drug-likeness (QED) is 0.499. The minimum absolute atomic E-state index is 0.115. The Morgan fingerprint density at radius 3 is 2.24 bits per heavy atom. The van der Waals surface area contributed by atoms with E-state index < -0.39 is 6.04 Å². The number of hydrogen-bond donors (Lipinski definition) is 1. The van der Waals surface area contributed by atoms with Gasteiger partial charge in [0.15, 0.2) is 0 Å². The lowest BCUT2D eigenvalue weighted by atomic mass is 9.94. The van der Waals surface area contributed by atoms with Gasteiger partial charge in [0.1, 0.15) is 10.9 Å². The van der Waals surface area contributed by atoms with Gasteiger partial charge in [0.2, 0.25) is 5.91 Å². The molecule has 0 aliphatic heterocycles. The van der Waals surface area contributed by atoms with E-state index in [9.17, 15) is 9.59 Å². The van der Waals surface area contributed by atoms with Crippen molar-refractivity contribution >= 4 is 23.2 Å². The van der Waals surface area contributed by atoms with Gasteiger partial charge in [-0.05, 0) is 37.8 Å². The van der Waals surface area contributed by atoms with Crippen LogP contribution in [0.25, 0.3) is 0 Å². The van der Waals surface area contributed by atoms with E-state index >= 15 is 0 Å². The Bertz CT molecular complexity index is 1080. The van der Waals surface area contributed by atoms with Gasteiger partial charge in [0.25, 0.3) is 5.91 Å². The van der Waals surface area contributed by atoms with E-state index in [1.54, 1.807) is 4.90 Å². The number of benzene rings is 2. The fourth-order valence-electron chi connectivity index (χ4n) is 4.56. The molecule has 1 aliphatic carbocycles. The first-order valence-corrected chi connectivity index (χ1v) is 12.5. The molecule has 1 fully saturated rings. The summed E-state index contributed by atoms with van der Waals surface area (Å²) < 4.78 is 0. The third-order valence-electron chi connectivity index (χ3n) is 6.18. The van der Waals surface area contributed by atoms with Gasteiger partial charge in [-0.3, -0.25) is 9.59 Å². The van der Waals surface area contributed by atoms with Crippen molar-refractivity contribution in [3.63, 3.8) is 0 Å². The van der Waals surface area contributed by atoms with Crippen LogP contribution in [0.3, 0.4) is 0 Å². The highest BCUT2D eigenvalue weighted by molar-refractivity contribution is 7.13. The minimum atomic E-state index is -0.720. The number of hydrogen-bond acceptors (Lipinski definition) is 4. The summed E-state index contributed by atoms with van der Waals surface area (Å²) in [4.78, 5) is 34.4. The van der Waals surface area contributed by atoms with Crippen molar-refractivity contribution in [3.8, 4) is 0 Å². The van der Waals surface area contributed by atoms with E-state index in [1.165, 1.54) is 17.8 Å². The van der Waals surface area contributed by atoms with Gasteiger partial charge < -0.3 is 10.2 Å². The lowest BCUT2D eigenvalue weighted by Crippen LogP contribution is -2.46. The van der Waals surface area contributed by atoms with Gasteiger partial charge in [-0.15, -0.1) is 11.3 Å². The zero-order valence-corrected chi connectivity index (χ0v) is 20.1. The second-order valence-electron chi connectivity index (χ2n) is 8.72. The number of nitrogens with zero attached hydrogens (tertiary/aromatic N) is 2. The zero-order chi connectivity index (χ0) is 23.2. The molecule has 33 heavy (non-hydrogen) atoms. The Morgan fingerprint density at radius 1 is 1.00 bits per heavy atom. The van der Waals surface area contributed by atoms with Crippen molar-refractivity contribution in [2.45, 2.75) is 64.6 Å². The number of amides is 2. The summed E-state index contributed by atoms with van der Waals surface area (Å²) in [6, 6.07) is 18.9. The highest BCUT2D eigenvalue weighted by Crippen LogP contribution is 2.29. The second kappa shape index (κ2) is 10.8. The lowest BCUT2D eigenvalue weighted by Gasteiger charge is -2.33. The number of aromatic nitrogens is 1. The van der Waals surface area contributed by atoms with E-state index in [0.29, 0.717) is 17.1 Å². The highest BCUT2D eigenvalue weighted by Gasteiger charge is 2.34. The topological polar surface area (TPSA) is 62.3 Å². The van der Waals surface area contributed by atoms with Crippen molar-refractivity contribution in [2.24, 2.45) is 0 Å². The molecular formula is C27H31N3O2S. The van der Waals surface area contributed by atoms with E-state index in [1.807, 2.05) is 74.5 Å². The van der Waals surface area contributed by atoms with Crippen LogP contribution in [0.15, 0.2) is 60.7 Å². The van der Waals surface area contributed by atoms with Gasteiger partial charge in [-0.1, -0.05) is 79.9 Å². The molecule has 3 aromatic rings. The molecule has 2 amide bonds. The molecule has 172 valence electrons. The summed E-state index contributed by atoms with van der Waals surface area (Å²) in [5, 5.41) is 4.11. The number of aryl methyl sites for hydroxylation is 2. The molecule has 1 atom stereocenters. The van der Waals surface area contributed by atoms with Crippen LogP contribution in [0.4, 0.5) is 0 Å². The van der Waals surface area contributed by atoms with E-state index in [-0.39, 0.29) is 17.9 Å². The fourth-order valence-corrected chi connectivity index (χ4v) is 5.43. The van der Waals surface area contributed by atoms with Crippen LogP contribution in [0, 0.1) is 13.8 Å². The first-order valence-electron chi connectivity index (χ1n) is 11.7. The maximum atomic E-state index is 13.9. The standard InChI is InChI=1S/C27H31N3O2S/c1-19-25(33-20(2)28-19)27(32)30(18-21-12-6-3-7-13-21)24(22-14-8-4-9-15-22)26(31)29-23-16-10-5-11-17-23/h3-4,6-9,12-15,23-24H,5,10-11,16-18H2,1-2H3,(H,29,31)/t24-/m1/s1. The lowest BCUT2D eigenvalue weighted by molar-refractivity contribution is -0.127. The van der Waals surface area contributed by atoms with E-state index in [2.05, 4.69) is 10.3 Å². The Kier molecular flexibility index (Phi) is 7.55. The predicted octanol–water partition coefficient (Wildman–Crippen LogP) is 5.59. The Hall–Kier alpha value is -2.99. The van der Waals surface area contributed by atoms with Gasteiger partial charge in [-0.2, -0.15) is 0 Å². The van der Waals surface area contributed by atoms with Gasteiger partial charge >= 0.3 is 0 Å². The molecule has 4 rings (SSSR count). The monoisotopic (exact) mass is 461 g/mol. The van der Waals surface area contributed by atoms with Crippen molar-refractivity contribution in [3.05, 3.63) is 87.4 Å². The molecule has 1 saturated carbocycles. The summed E-state index contributed by atoms with van der Waals surface area (Å²) in [5.41, 5.74) is 2.50. The predicted molar refractivity (Wildman–Crippen MR) is 132 cm³/mol. The van der Waals surface area contributed by atoms with Crippen LogP contribution in [-0.2, 0) is 11.3 Å². The Balaban J connectivity index is 1.73. The molecule has 0 spiro atoms. The van der Waals surface area contributed by atoms with E-state index in [0.717, 1.165) is 41.8 Å². The molecule has 6 heteroatoms. The van der Waals surface area contributed by atoms with Crippen molar-refractivity contribution < 1.29 is 9.59 Å². The third-order valence-corrected chi connectivity index (χ3v) is 7.24. The third kappa shape index (κ3) is 5.69. The normalized spacial score (nSPS) is 15.1. The Labute approximate surface area is 199 Å². The molecule has 0 saturated heterocycles. The number of carbonyl (C=O) groups excluding carboxylic acids is 2. The van der Waals surface area contributed by atoms with Crippen molar-refractivity contribution in [1.29, 1.82) is 0 Å². The van der Waals surface area contributed by atoms with Crippen LogP contribution >= 0.6 is 11.3 Å². The summed E-state index contributed by atoms with van der Waals surface area (Å²) in [6.45, 7) is 4.10. The summed E-state index contributed by atoms with van der Waals surface area (Å²) in [7, 11) is 0. The summed E-state index contributed by atoms with van der Waals surface area (Å²) in [6.07, 6.45) is 5.47. The molecular weight excluding hydrogens is 430 g/mol. The maximum Gasteiger partial charge on any atom is 0.267 e. The first kappa shape index (κ1) is 23.2. The SMILES string of the molecule is Cc1nc(C)c(C(=O)N(Cc2ccccc2)[C@@H](C(=O)NC2CCCCC2)c2ccccc2)s1. The van der Waals surface area contributed by atoms with Gasteiger partial charge in [-0.25, -0.2) is 4.98 Å². The smallest absolute Gasteiger partial charge is 0.267 e. The van der Waals surface area contributed by atoms with Gasteiger partial charge in [0, 0.05) is 12.6 Å². The Morgan fingerprint density at radius 2 is 1.64 bits per heavy atom. The van der Waals surface area contributed by atoms with Crippen LogP contribution in [0.5, 0.6) is 0 Å². The number of thiazole rings is 1. The maximum absolute atomic E-state index is 13.9. The molecule has 0 bridgehead atoms. The van der Waals surface area contributed by atoms with Crippen LogP contribution < -0.4 is 5.32 Å². The molecule has 0 unspecified atom stereocenters. The molecule has 1 heterocycles. The summed E-state index contributed by atoms with van der Waals surface area (Å²) >= 11 is 1.39. The van der Waals surface area contributed by atoms with Crippen molar-refractivity contribution in [2.75, 3.05) is 0 Å². The van der Waals surface area contributed by atoms with Crippen LogP contribution in [0.1, 0.15) is 69.6 Å². The largest absolute Gasteiger partial charge is 0.351 e. The average molecular weight is 462 g/mol. The molecule has 0 radical (unpaired) electrons. The van der Waals surface area contributed by atoms with E-state index in [4.69, 9.17) is 0 Å². The summed E-state index contributed by atoms with van der Waals surface area (Å²) in [5.74, 6) is -0.272. The second-order valence-corrected chi connectivity index (χ2v) is 9.93. The number of carbonyl (C=O) groups is 2.